The van der Waals surface area contributed by atoms with Crippen LogP contribution in [0.15, 0.2) is 18.2 Å². The van der Waals surface area contributed by atoms with Crippen molar-refractivity contribution in [2.75, 3.05) is 0 Å². The first kappa shape index (κ1) is 14.4. The van der Waals surface area contributed by atoms with Gasteiger partial charge in [0.1, 0.15) is 5.82 Å². The molecule has 1 aromatic rings. The highest BCUT2D eigenvalue weighted by Gasteiger charge is 2.24. The van der Waals surface area contributed by atoms with Crippen LogP contribution in [0.4, 0.5) is 4.39 Å². The van der Waals surface area contributed by atoms with E-state index in [1.165, 1.54) is 18.2 Å². The van der Waals surface area contributed by atoms with Crippen LogP contribution in [0.2, 0.25) is 5.02 Å². The molecule has 1 aromatic carbocycles. The highest BCUT2D eigenvalue weighted by molar-refractivity contribution is 6.30. The minimum Gasteiger partial charge on any atom is -0.388 e. The first-order valence-corrected chi connectivity index (χ1v) is 5.98. The maximum atomic E-state index is 13.0. The summed E-state index contributed by atoms with van der Waals surface area (Å²) < 4.78 is 13.0. The van der Waals surface area contributed by atoms with E-state index in [9.17, 15) is 9.50 Å². The van der Waals surface area contributed by atoms with E-state index < -0.39 is 11.9 Å². The zero-order valence-electron chi connectivity index (χ0n) is 10.4. The lowest BCUT2D eigenvalue weighted by Crippen LogP contribution is -2.36. The number of halogens is 2. The lowest BCUT2D eigenvalue weighted by atomic mass is 9.83. The van der Waals surface area contributed by atoms with Gasteiger partial charge in [-0.1, -0.05) is 38.4 Å². The Bertz CT molecular complexity index is 389. The van der Waals surface area contributed by atoms with Crippen molar-refractivity contribution in [3.63, 3.8) is 0 Å². The van der Waals surface area contributed by atoms with Gasteiger partial charge in [-0.2, -0.15) is 0 Å². The summed E-state index contributed by atoms with van der Waals surface area (Å²) in [5.41, 5.74) is 6.50. The standard InChI is InChI=1S/C13H19ClFNO/c1-13(2,3)12(16)7-11(17)8-4-5-10(15)9(14)6-8/h4-6,11-12,17H,7,16H2,1-3H3/t11-,12+/m0/s1. The van der Waals surface area contributed by atoms with Gasteiger partial charge in [-0.25, -0.2) is 4.39 Å². The van der Waals surface area contributed by atoms with Gasteiger partial charge in [0.2, 0.25) is 0 Å². The van der Waals surface area contributed by atoms with Crippen molar-refractivity contribution in [1.29, 1.82) is 0 Å². The number of hydrogen-bond donors (Lipinski definition) is 2. The first-order valence-electron chi connectivity index (χ1n) is 5.60. The molecular weight excluding hydrogens is 241 g/mol. The molecule has 3 N–H and O–H groups in total. The molecule has 0 bridgehead atoms. The maximum Gasteiger partial charge on any atom is 0.141 e. The highest BCUT2D eigenvalue weighted by atomic mass is 35.5. The average molecular weight is 260 g/mol. The summed E-state index contributed by atoms with van der Waals surface area (Å²) in [4.78, 5) is 0. The Morgan fingerprint density at radius 3 is 2.47 bits per heavy atom. The van der Waals surface area contributed by atoms with Crippen LogP contribution < -0.4 is 5.73 Å². The van der Waals surface area contributed by atoms with Gasteiger partial charge in [-0.3, -0.25) is 0 Å². The number of benzene rings is 1. The summed E-state index contributed by atoms with van der Waals surface area (Å²) in [5.74, 6) is -0.484. The Balaban J connectivity index is 2.76. The van der Waals surface area contributed by atoms with Gasteiger partial charge in [0.15, 0.2) is 0 Å². The average Bonchev–Trinajstić information content (AvgIpc) is 2.20. The number of rotatable bonds is 3. The molecule has 96 valence electrons. The second kappa shape index (κ2) is 5.34. The van der Waals surface area contributed by atoms with E-state index in [0.717, 1.165) is 0 Å². The maximum absolute atomic E-state index is 13.0. The van der Waals surface area contributed by atoms with Crippen LogP contribution in [0.3, 0.4) is 0 Å². The first-order chi connectivity index (χ1) is 7.71. The van der Waals surface area contributed by atoms with Crippen LogP contribution in [0.5, 0.6) is 0 Å². The smallest absolute Gasteiger partial charge is 0.141 e. The number of hydrogen-bond acceptors (Lipinski definition) is 2. The SMILES string of the molecule is CC(C)(C)[C@H](N)C[C@H](O)c1ccc(F)c(Cl)c1. The normalized spacial score (nSPS) is 15.7. The molecule has 0 radical (unpaired) electrons. The van der Waals surface area contributed by atoms with Gasteiger partial charge in [-0.05, 0) is 29.5 Å². The molecule has 0 saturated heterocycles. The number of nitrogens with two attached hydrogens (primary N) is 1. The quantitative estimate of drug-likeness (QED) is 0.875. The molecule has 2 nitrogen and oxygen atoms in total. The summed E-state index contributed by atoms with van der Waals surface area (Å²) >= 11 is 5.67. The third-order valence-corrected chi connectivity index (χ3v) is 3.21. The van der Waals surface area contributed by atoms with Crippen LogP contribution in [0.1, 0.15) is 38.9 Å². The summed E-state index contributed by atoms with van der Waals surface area (Å²) in [6, 6.07) is 4.09. The molecule has 2 atom stereocenters. The van der Waals surface area contributed by atoms with Crippen LogP contribution >= 0.6 is 11.6 Å². The van der Waals surface area contributed by atoms with E-state index in [2.05, 4.69) is 0 Å². The molecule has 4 heteroatoms. The van der Waals surface area contributed by atoms with E-state index in [-0.39, 0.29) is 16.5 Å². The van der Waals surface area contributed by atoms with E-state index in [4.69, 9.17) is 17.3 Å². The lowest BCUT2D eigenvalue weighted by Gasteiger charge is -2.29. The molecule has 0 saturated carbocycles. The molecule has 0 aliphatic rings. The molecular formula is C13H19ClFNO. The molecule has 0 heterocycles. The third kappa shape index (κ3) is 3.95. The minimum absolute atomic E-state index is 0.0193. The third-order valence-electron chi connectivity index (χ3n) is 2.92. The Kier molecular flexibility index (Phi) is 4.53. The fourth-order valence-electron chi connectivity index (χ4n) is 1.45. The van der Waals surface area contributed by atoms with Gasteiger partial charge in [0, 0.05) is 6.04 Å². The second-order valence-electron chi connectivity index (χ2n) is 5.40. The van der Waals surface area contributed by atoms with Crippen LogP contribution in [-0.2, 0) is 0 Å². The molecule has 0 fully saturated rings. The van der Waals surface area contributed by atoms with Gasteiger partial charge < -0.3 is 10.8 Å². The van der Waals surface area contributed by atoms with Crippen molar-refractivity contribution in [3.8, 4) is 0 Å². The summed E-state index contributed by atoms with van der Waals surface area (Å²) in [5, 5.41) is 10.0. The predicted octanol–water partition coefficient (Wildman–Crippen LogP) is 3.28. The van der Waals surface area contributed by atoms with Gasteiger partial charge >= 0.3 is 0 Å². The topological polar surface area (TPSA) is 46.2 Å². The Morgan fingerprint density at radius 1 is 1.41 bits per heavy atom. The zero-order valence-corrected chi connectivity index (χ0v) is 11.1. The van der Waals surface area contributed by atoms with E-state index in [1.807, 2.05) is 20.8 Å². The lowest BCUT2D eigenvalue weighted by molar-refractivity contribution is 0.133. The molecule has 0 aliphatic carbocycles. The van der Waals surface area contributed by atoms with Gasteiger partial charge in [-0.15, -0.1) is 0 Å². The van der Waals surface area contributed by atoms with Crippen LogP contribution in [0, 0.1) is 11.2 Å². The van der Waals surface area contributed by atoms with Gasteiger partial charge in [0.05, 0.1) is 11.1 Å². The van der Waals surface area contributed by atoms with Crippen molar-refractivity contribution in [2.45, 2.75) is 39.3 Å². The Morgan fingerprint density at radius 2 is 2.00 bits per heavy atom. The summed E-state index contributed by atoms with van der Waals surface area (Å²) in [7, 11) is 0. The fourth-order valence-corrected chi connectivity index (χ4v) is 1.64. The number of aliphatic hydroxyl groups is 1. The van der Waals surface area contributed by atoms with Gasteiger partial charge in [0.25, 0.3) is 0 Å². The van der Waals surface area contributed by atoms with Crippen molar-refractivity contribution in [3.05, 3.63) is 34.6 Å². The van der Waals surface area contributed by atoms with Crippen molar-refractivity contribution in [2.24, 2.45) is 11.1 Å². The molecule has 0 amide bonds. The van der Waals surface area contributed by atoms with E-state index in [0.29, 0.717) is 12.0 Å². The van der Waals surface area contributed by atoms with Crippen molar-refractivity contribution >= 4 is 11.6 Å². The predicted molar refractivity (Wildman–Crippen MR) is 68.4 cm³/mol. The fraction of sp³-hybridized carbons (Fsp3) is 0.538. The Hall–Kier alpha value is -0.640. The molecule has 0 unspecified atom stereocenters. The molecule has 1 rings (SSSR count). The molecule has 17 heavy (non-hydrogen) atoms. The largest absolute Gasteiger partial charge is 0.388 e. The molecule has 0 aliphatic heterocycles. The van der Waals surface area contributed by atoms with Crippen LogP contribution in [-0.4, -0.2) is 11.1 Å². The minimum atomic E-state index is -0.720. The Labute approximate surface area is 107 Å². The molecule has 0 spiro atoms. The second-order valence-corrected chi connectivity index (χ2v) is 5.80. The zero-order chi connectivity index (χ0) is 13.2. The number of aliphatic hydroxyl groups excluding tert-OH is 1. The highest BCUT2D eigenvalue weighted by Crippen LogP contribution is 2.28. The molecule has 0 aromatic heterocycles. The van der Waals surface area contributed by atoms with Crippen molar-refractivity contribution in [1.82, 2.24) is 0 Å². The van der Waals surface area contributed by atoms with Crippen LogP contribution in [0.25, 0.3) is 0 Å². The summed E-state index contributed by atoms with van der Waals surface area (Å²) in [6.07, 6.45) is -0.298. The monoisotopic (exact) mass is 259 g/mol. The van der Waals surface area contributed by atoms with E-state index in [1.54, 1.807) is 0 Å². The summed E-state index contributed by atoms with van der Waals surface area (Å²) in [6.45, 7) is 6.05. The van der Waals surface area contributed by atoms with Crippen molar-refractivity contribution < 1.29 is 9.50 Å². The van der Waals surface area contributed by atoms with E-state index >= 15 is 0 Å².